The molecule has 1 aromatic rings. The quantitative estimate of drug-likeness (QED) is 0.774. The normalized spacial score (nSPS) is 34.5. The summed E-state index contributed by atoms with van der Waals surface area (Å²) in [6.07, 6.45) is 0.325. The first kappa shape index (κ1) is 14.0. The molecule has 1 aromatic carbocycles. The Balaban J connectivity index is 2.23. The molecule has 0 heterocycles. The summed E-state index contributed by atoms with van der Waals surface area (Å²) in [4.78, 5) is 24.8. The summed E-state index contributed by atoms with van der Waals surface area (Å²) in [5.41, 5.74) is 0.196. The fourth-order valence-electron chi connectivity index (χ4n) is 3.30. The van der Waals surface area contributed by atoms with E-state index in [9.17, 15) is 9.59 Å². The molecule has 2 rings (SSSR count). The minimum absolute atomic E-state index is 0.0589. The van der Waals surface area contributed by atoms with Crippen LogP contribution < -0.4 is 0 Å². The molecular weight excluding hydrogens is 236 g/mol. The second-order valence-corrected chi connectivity index (χ2v) is 6.18. The van der Waals surface area contributed by atoms with Gasteiger partial charge in [0, 0.05) is 23.3 Å². The van der Waals surface area contributed by atoms with Crippen LogP contribution in [0.3, 0.4) is 0 Å². The van der Waals surface area contributed by atoms with E-state index >= 15 is 0 Å². The second kappa shape index (κ2) is 4.92. The van der Waals surface area contributed by atoms with E-state index in [1.165, 1.54) is 0 Å². The van der Waals surface area contributed by atoms with Crippen LogP contribution in [0.2, 0.25) is 0 Å². The molecule has 19 heavy (non-hydrogen) atoms. The van der Waals surface area contributed by atoms with Crippen LogP contribution in [-0.4, -0.2) is 11.6 Å². The Hall–Kier alpha value is -1.44. The highest BCUT2D eigenvalue weighted by molar-refractivity contribution is 6.01. The average Bonchev–Trinajstić information content (AvgIpc) is 2.56. The lowest BCUT2D eigenvalue weighted by atomic mass is 9.73. The van der Waals surface area contributed by atoms with Crippen molar-refractivity contribution in [3.8, 4) is 0 Å². The smallest absolute Gasteiger partial charge is 0.163 e. The summed E-state index contributed by atoms with van der Waals surface area (Å²) >= 11 is 0. The van der Waals surface area contributed by atoms with Crippen LogP contribution in [0.5, 0.6) is 0 Å². The van der Waals surface area contributed by atoms with Gasteiger partial charge in [-0.2, -0.15) is 0 Å². The predicted molar refractivity (Wildman–Crippen MR) is 76.0 cm³/mol. The lowest BCUT2D eigenvalue weighted by Crippen LogP contribution is -2.32. The molecule has 1 aliphatic carbocycles. The molecule has 0 saturated heterocycles. The molecule has 0 N–H and O–H groups in total. The summed E-state index contributed by atoms with van der Waals surface area (Å²) in [6, 6.07) is 9.26. The first-order valence-corrected chi connectivity index (χ1v) is 7.00. The first-order chi connectivity index (χ1) is 8.88. The van der Waals surface area contributed by atoms with Gasteiger partial charge in [-0.25, -0.2) is 0 Å². The van der Waals surface area contributed by atoms with Crippen molar-refractivity contribution < 1.29 is 9.59 Å². The molecule has 0 aliphatic heterocycles. The number of hydrogen-bond acceptors (Lipinski definition) is 2. The summed E-state index contributed by atoms with van der Waals surface area (Å²) < 4.78 is 0. The summed E-state index contributed by atoms with van der Waals surface area (Å²) in [5.74, 6) is 0.980. The number of hydrogen-bond donors (Lipinski definition) is 0. The lowest BCUT2D eigenvalue weighted by molar-refractivity contribution is -0.128. The Morgan fingerprint density at radius 2 is 1.74 bits per heavy atom. The van der Waals surface area contributed by atoms with Gasteiger partial charge < -0.3 is 0 Å². The topological polar surface area (TPSA) is 34.1 Å². The zero-order chi connectivity index (χ0) is 14.2. The van der Waals surface area contributed by atoms with E-state index in [1.54, 1.807) is 0 Å². The average molecular weight is 258 g/mol. The number of Topliss-reactive ketones (excluding diaryl/α,β-unsaturated/α-hetero) is 2. The third-order valence-corrected chi connectivity index (χ3v) is 5.18. The fraction of sp³-hybridized carbons (Fsp3) is 0.529. The molecule has 2 heteroatoms. The molecular formula is C17H22O2. The number of ketones is 2. The van der Waals surface area contributed by atoms with E-state index in [2.05, 4.69) is 13.8 Å². The Bertz CT molecular complexity index is 491. The minimum Gasteiger partial charge on any atom is -0.299 e. The van der Waals surface area contributed by atoms with Crippen LogP contribution in [-0.2, 0) is 4.79 Å². The molecule has 4 atom stereocenters. The molecule has 2 nitrogen and oxygen atoms in total. The van der Waals surface area contributed by atoms with Crippen LogP contribution >= 0.6 is 0 Å². The van der Waals surface area contributed by atoms with Crippen LogP contribution in [0.1, 0.15) is 44.5 Å². The predicted octanol–water partition coefficient (Wildman–Crippen LogP) is 3.76. The third-order valence-electron chi connectivity index (χ3n) is 5.18. The summed E-state index contributed by atoms with van der Waals surface area (Å²) in [7, 11) is 0. The van der Waals surface area contributed by atoms with Crippen molar-refractivity contribution in [2.75, 3.05) is 0 Å². The van der Waals surface area contributed by atoms with Crippen molar-refractivity contribution in [1.29, 1.82) is 0 Å². The summed E-state index contributed by atoms with van der Waals surface area (Å²) in [5, 5.41) is 0. The molecule has 1 aliphatic rings. The molecule has 1 saturated carbocycles. The van der Waals surface area contributed by atoms with Crippen LogP contribution in [0, 0.1) is 23.2 Å². The zero-order valence-corrected chi connectivity index (χ0v) is 12.1. The zero-order valence-electron chi connectivity index (χ0n) is 12.1. The van der Waals surface area contributed by atoms with E-state index in [1.807, 2.05) is 44.2 Å². The van der Waals surface area contributed by atoms with Gasteiger partial charge in [0.1, 0.15) is 5.78 Å². The van der Waals surface area contributed by atoms with Gasteiger partial charge in [0.15, 0.2) is 5.78 Å². The monoisotopic (exact) mass is 258 g/mol. The van der Waals surface area contributed by atoms with Gasteiger partial charge in [0.25, 0.3) is 0 Å². The van der Waals surface area contributed by atoms with Gasteiger partial charge in [0.2, 0.25) is 0 Å². The molecule has 102 valence electrons. The van der Waals surface area contributed by atoms with Gasteiger partial charge >= 0.3 is 0 Å². The number of carbonyl (C=O) groups is 2. The van der Waals surface area contributed by atoms with Crippen molar-refractivity contribution in [3.05, 3.63) is 35.9 Å². The van der Waals surface area contributed by atoms with E-state index < -0.39 is 5.41 Å². The second-order valence-electron chi connectivity index (χ2n) is 6.18. The van der Waals surface area contributed by atoms with Gasteiger partial charge in [-0.15, -0.1) is 0 Å². The van der Waals surface area contributed by atoms with E-state index in [0.717, 1.165) is 0 Å². The van der Waals surface area contributed by atoms with Crippen molar-refractivity contribution in [2.45, 2.75) is 34.1 Å². The largest absolute Gasteiger partial charge is 0.299 e. The summed E-state index contributed by atoms with van der Waals surface area (Å²) in [6.45, 7) is 8.17. The first-order valence-electron chi connectivity index (χ1n) is 7.00. The molecule has 0 aromatic heterocycles. The van der Waals surface area contributed by atoms with E-state index in [0.29, 0.717) is 17.9 Å². The lowest BCUT2D eigenvalue weighted by Gasteiger charge is -2.28. The van der Waals surface area contributed by atoms with E-state index in [-0.39, 0.29) is 23.4 Å². The van der Waals surface area contributed by atoms with Gasteiger partial charge in [0.05, 0.1) is 0 Å². The highest BCUT2D eigenvalue weighted by Crippen LogP contribution is 2.49. The standard InChI is InChI=1S/C17H22O2/c1-11-12(2)16(19)17(4,13(11)3)10-15(18)14-8-6-5-7-9-14/h5-9,11-13H,10H2,1-4H3/t11-,12-,13+,17-/m1/s1. The Labute approximate surface area is 115 Å². The maximum Gasteiger partial charge on any atom is 0.163 e. The fourth-order valence-corrected chi connectivity index (χ4v) is 3.30. The molecule has 0 spiro atoms. The molecule has 0 amide bonds. The van der Waals surface area contributed by atoms with Gasteiger partial charge in [-0.05, 0) is 11.8 Å². The van der Waals surface area contributed by atoms with Gasteiger partial charge in [-0.1, -0.05) is 58.0 Å². The van der Waals surface area contributed by atoms with Crippen molar-refractivity contribution >= 4 is 11.6 Å². The number of benzene rings is 1. The van der Waals surface area contributed by atoms with Gasteiger partial charge in [-0.3, -0.25) is 9.59 Å². The van der Waals surface area contributed by atoms with Crippen LogP contribution in [0.15, 0.2) is 30.3 Å². The Morgan fingerprint density at radius 3 is 2.21 bits per heavy atom. The van der Waals surface area contributed by atoms with Crippen molar-refractivity contribution in [3.63, 3.8) is 0 Å². The highest BCUT2D eigenvalue weighted by atomic mass is 16.1. The number of rotatable bonds is 3. The number of carbonyl (C=O) groups excluding carboxylic acids is 2. The molecule has 0 bridgehead atoms. The molecule has 0 unspecified atom stereocenters. The maximum absolute atomic E-state index is 12.5. The van der Waals surface area contributed by atoms with Crippen LogP contribution in [0.25, 0.3) is 0 Å². The van der Waals surface area contributed by atoms with Crippen molar-refractivity contribution in [1.82, 2.24) is 0 Å². The minimum atomic E-state index is -0.508. The van der Waals surface area contributed by atoms with E-state index in [4.69, 9.17) is 0 Å². The maximum atomic E-state index is 12.5. The Kier molecular flexibility index (Phi) is 3.62. The highest BCUT2D eigenvalue weighted by Gasteiger charge is 2.52. The molecule has 1 fully saturated rings. The third kappa shape index (κ3) is 2.24. The molecule has 0 radical (unpaired) electrons. The SMILES string of the molecule is C[C@@H]1[C@@H](C)C(=O)[C@](C)(CC(=O)c2ccccc2)[C@H]1C. The van der Waals surface area contributed by atoms with Crippen LogP contribution in [0.4, 0.5) is 0 Å². The van der Waals surface area contributed by atoms with Crippen molar-refractivity contribution in [2.24, 2.45) is 23.2 Å². The Morgan fingerprint density at radius 1 is 1.16 bits per heavy atom.